The number of nitrogens with zero attached hydrogens (tertiary/aromatic N) is 4. The molecule has 1 atom stereocenters. The van der Waals surface area contributed by atoms with Crippen LogP contribution in [0.15, 0.2) is 24.3 Å². The molecule has 1 heterocycles. The molecule has 0 aliphatic rings. The Bertz CT molecular complexity index is 555. The summed E-state index contributed by atoms with van der Waals surface area (Å²) in [7, 11) is 0. The molecule has 0 bridgehead atoms. The van der Waals surface area contributed by atoms with Gasteiger partial charge in [-0.15, -0.1) is 5.10 Å². The number of hydrogen-bond acceptors (Lipinski definition) is 4. The van der Waals surface area contributed by atoms with Crippen LogP contribution in [-0.4, -0.2) is 31.3 Å². The molecule has 0 saturated heterocycles. The van der Waals surface area contributed by atoms with Gasteiger partial charge >= 0.3 is 5.97 Å². The van der Waals surface area contributed by atoms with E-state index in [2.05, 4.69) is 38.1 Å². The molecular weight excluding hydrogens is 335 g/mol. The van der Waals surface area contributed by atoms with Gasteiger partial charge in [-0.2, -0.15) is 0 Å². The van der Waals surface area contributed by atoms with Crippen LogP contribution in [0.5, 0.6) is 0 Å². The van der Waals surface area contributed by atoms with Gasteiger partial charge in [-0.05, 0) is 52.1 Å². The van der Waals surface area contributed by atoms with Crippen molar-refractivity contribution in [2.75, 3.05) is 0 Å². The van der Waals surface area contributed by atoms with E-state index < -0.39 is 12.0 Å². The van der Waals surface area contributed by atoms with E-state index in [1.807, 2.05) is 24.3 Å². The van der Waals surface area contributed by atoms with Crippen molar-refractivity contribution in [3.63, 3.8) is 0 Å². The van der Waals surface area contributed by atoms with E-state index in [0.717, 1.165) is 9.13 Å². The van der Waals surface area contributed by atoms with Crippen LogP contribution < -0.4 is 0 Å². The van der Waals surface area contributed by atoms with Gasteiger partial charge in [0.2, 0.25) is 0 Å². The highest BCUT2D eigenvalue weighted by Crippen LogP contribution is 2.20. The predicted molar refractivity (Wildman–Crippen MR) is 68.3 cm³/mol. The fourth-order valence-corrected chi connectivity index (χ4v) is 1.92. The molecular formula is C10H9IN4O2. The fraction of sp³-hybridized carbons (Fsp3) is 0.200. The maximum atomic E-state index is 10.9. The number of halogens is 1. The standard InChI is InChI=1S/C10H9IN4O2/c1-6(10(16)17)15-9(12-13-14-15)7-3-2-4-8(11)5-7/h2-6H,1H3,(H,16,17). The maximum Gasteiger partial charge on any atom is 0.328 e. The van der Waals surface area contributed by atoms with Gasteiger partial charge in [-0.1, -0.05) is 12.1 Å². The maximum absolute atomic E-state index is 10.9. The summed E-state index contributed by atoms with van der Waals surface area (Å²) in [6.45, 7) is 1.54. The van der Waals surface area contributed by atoms with Crippen LogP contribution in [-0.2, 0) is 4.79 Å². The van der Waals surface area contributed by atoms with Gasteiger partial charge in [0.25, 0.3) is 0 Å². The van der Waals surface area contributed by atoms with Gasteiger partial charge in [0.05, 0.1) is 0 Å². The van der Waals surface area contributed by atoms with Crippen LogP contribution in [0.1, 0.15) is 13.0 Å². The van der Waals surface area contributed by atoms with E-state index in [0.29, 0.717) is 5.82 Å². The van der Waals surface area contributed by atoms with Crippen LogP contribution in [0.3, 0.4) is 0 Å². The van der Waals surface area contributed by atoms with Gasteiger partial charge < -0.3 is 5.11 Å². The number of aliphatic carboxylic acids is 1. The molecule has 0 saturated carbocycles. The van der Waals surface area contributed by atoms with Crippen molar-refractivity contribution < 1.29 is 9.90 Å². The second kappa shape index (κ2) is 4.78. The molecule has 1 aromatic carbocycles. The third-order valence-electron chi connectivity index (χ3n) is 2.30. The van der Waals surface area contributed by atoms with E-state index in [4.69, 9.17) is 5.11 Å². The molecule has 88 valence electrons. The number of hydrogen-bond donors (Lipinski definition) is 1. The minimum absolute atomic E-state index is 0.457. The summed E-state index contributed by atoms with van der Waals surface area (Å²) in [5.74, 6) is -0.511. The third-order valence-corrected chi connectivity index (χ3v) is 2.97. The summed E-state index contributed by atoms with van der Waals surface area (Å²) in [4.78, 5) is 10.9. The van der Waals surface area contributed by atoms with Crippen molar-refractivity contribution in [3.05, 3.63) is 27.8 Å². The summed E-state index contributed by atoms with van der Waals surface area (Å²) in [6, 6.07) is 6.77. The molecule has 1 aromatic heterocycles. The van der Waals surface area contributed by atoms with E-state index in [9.17, 15) is 4.79 Å². The summed E-state index contributed by atoms with van der Waals surface area (Å²) in [5, 5.41) is 20.1. The predicted octanol–water partition coefficient (Wildman–Crippen LogP) is 1.59. The lowest BCUT2D eigenvalue weighted by atomic mass is 10.2. The first-order chi connectivity index (χ1) is 8.09. The molecule has 17 heavy (non-hydrogen) atoms. The van der Waals surface area contributed by atoms with Gasteiger partial charge in [-0.25, -0.2) is 9.48 Å². The summed E-state index contributed by atoms with van der Waals surface area (Å²) in [5.41, 5.74) is 0.801. The Hall–Kier alpha value is -1.51. The Kier molecular flexibility index (Phi) is 3.36. The Labute approximate surface area is 111 Å². The minimum atomic E-state index is -0.968. The van der Waals surface area contributed by atoms with Crippen LogP contribution in [0.4, 0.5) is 0 Å². The molecule has 6 nitrogen and oxygen atoms in total. The first-order valence-corrected chi connectivity index (χ1v) is 5.94. The number of benzene rings is 1. The van der Waals surface area contributed by atoms with Crippen molar-refractivity contribution in [1.29, 1.82) is 0 Å². The molecule has 0 aliphatic heterocycles. The van der Waals surface area contributed by atoms with Crippen LogP contribution in [0.2, 0.25) is 0 Å². The average Bonchev–Trinajstić information content (AvgIpc) is 2.76. The molecule has 1 unspecified atom stereocenters. The SMILES string of the molecule is CC(C(=O)O)n1nnnc1-c1cccc(I)c1. The molecule has 0 aliphatic carbocycles. The van der Waals surface area contributed by atoms with Gasteiger partial charge in [-0.3, -0.25) is 0 Å². The second-order valence-electron chi connectivity index (χ2n) is 3.47. The molecule has 0 fully saturated rings. The highest BCUT2D eigenvalue weighted by molar-refractivity contribution is 14.1. The summed E-state index contributed by atoms with van der Waals surface area (Å²) < 4.78 is 2.34. The summed E-state index contributed by atoms with van der Waals surface area (Å²) in [6.07, 6.45) is 0. The lowest BCUT2D eigenvalue weighted by Crippen LogP contribution is -2.18. The third kappa shape index (κ3) is 2.43. The monoisotopic (exact) mass is 344 g/mol. The van der Waals surface area contributed by atoms with Crippen LogP contribution in [0, 0.1) is 3.57 Å². The first kappa shape index (κ1) is 12.0. The number of carboxylic acid groups (broad SMARTS) is 1. The quantitative estimate of drug-likeness (QED) is 0.856. The molecule has 1 N–H and O–H groups in total. The molecule has 0 spiro atoms. The largest absolute Gasteiger partial charge is 0.480 e. The highest BCUT2D eigenvalue weighted by atomic mass is 127. The Morgan fingerprint density at radius 2 is 2.29 bits per heavy atom. The smallest absolute Gasteiger partial charge is 0.328 e. The Morgan fingerprint density at radius 3 is 2.94 bits per heavy atom. The first-order valence-electron chi connectivity index (χ1n) is 4.86. The molecule has 7 heteroatoms. The van der Waals surface area contributed by atoms with Crippen molar-refractivity contribution in [2.45, 2.75) is 13.0 Å². The van der Waals surface area contributed by atoms with Gasteiger partial charge in [0.1, 0.15) is 0 Å². The zero-order valence-corrected chi connectivity index (χ0v) is 11.1. The van der Waals surface area contributed by atoms with Crippen molar-refractivity contribution >= 4 is 28.6 Å². The molecule has 0 radical (unpaired) electrons. The van der Waals surface area contributed by atoms with E-state index in [1.54, 1.807) is 0 Å². The second-order valence-corrected chi connectivity index (χ2v) is 4.72. The van der Waals surface area contributed by atoms with Gasteiger partial charge in [0, 0.05) is 9.13 Å². The highest BCUT2D eigenvalue weighted by Gasteiger charge is 2.20. The molecule has 2 rings (SSSR count). The van der Waals surface area contributed by atoms with Crippen molar-refractivity contribution in [1.82, 2.24) is 20.2 Å². The summed E-state index contributed by atoms with van der Waals surface area (Å²) >= 11 is 2.18. The van der Waals surface area contributed by atoms with Crippen LogP contribution >= 0.6 is 22.6 Å². The normalized spacial score (nSPS) is 12.4. The van der Waals surface area contributed by atoms with Crippen LogP contribution in [0.25, 0.3) is 11.4 Å². The lowest BCUT2D eigenvalue weighted by molar-refractivity contribution is -0.140. The van der Waals surface area contributed by atoms with E-state index in [-0.39, 0.29) is 0 Å². The fourth-order valence-electron chi connectivity index (χ4n) is 1.38. The number of aromatic nitrogens is 4. The molecule has 0 amide bonds. The zero-order chi connectivity index (χ0) is 12.4. The van der Waals surface area contributed by atoms with E-state index >= 15 is 0 Å². The van der Waals surface area contributed by atoms with E-state index in [1.165, 1.54) is 11.6 Å². The number of carbonyl (C=O) groups is 1. The average molecular weight is 344 g/mol. The topological polar surface area (TPSA) is 80.9 Å². The number of tetrazole rings is 1. The van der Waals surface area contributed by atoms with Crippen molar-refractivity contribution in [3.8, 4) is 11.4 Å². The zero-order valence-electron chi connectivity index (χ0n) is 8.91. The lowest BCUT2D eigenvalue weighted by Gasteiger charge is -2.08. The minimum Gasteiger partial charge on any atom is -0.480 e. The molecule has 2 aromatic rings. The number of carboxylic acids is 1. The number of rotatable bonds is 3. The van der Waals surface area contributed by atoms with Gasteiger partial charge in [0.15, 0.2) is 11.9 Å². The van der Waals surface area contributed by atoms with Crippen molar-refractivity contribution in [2.24, 2.45) is 0 Å². The Balaban J connectivity index is 2.47. The Morgan fingerprint density at radius 1 is 1.53 bits per heavy atom.